The number of hydrogen-bond donors (Lipinski definition) is 0. The third-order valence-corrected chi connectivity index (χ3v) is 4.78. The Labute approximate surface area is 157 Å². The number of nitrogens with zero attached hydrogens (tertiary/aromatic N) is 2. The van der Waals surface area contributed by atoms with Crippen LogP contribution in [0.2, 0.25) is 0 Å². The molecule has 0 spiro atoms. The Hall–Kier alpha value is -3.40. The van der Waals surface area contributed by atoms with Crippen LogP contribution in [-0.2, 0) is 13.1 Å². The highest BCUT2D eigenvalue weighted by Crippen LogP contribution is 2.11. The molecule has 0 fully saturated rings. The molecule has 0 aliphatic heterocycles. The summed E-state index contributed by atoms with van der Waals surface area (Å²) in [7, 11) is 0. The maximum atomic E-state index is 13.2. The van der Waals surface area contributed by atoms with Gasteiger partial charge in [-0.05, 0) is 30.2 Å². The van der Waals surface area contributed by atoms with E-state index >= 15 is 0 Å². The van der Waals surface area contributed by atoms with Gasteiger partial charge in [0.2, 0.25) is 0 Å². The molecule has 4 aromatic rings. The van der Waals surface area contributed by atoms with Crippen molar-refractivity contribution in [2.45, 2.75) is 20.0 Å². The van der Waals surface area contributed by atoms with Gasteiger partial charge in [0, 0.05) is 0 Å². The van der Waals surface area contributed by atoms with Crippen LogP contribution in [0.1, 0.15) is 16.7 Å². The van der Waals surface area contributed by atoms with Gasteiger partial charge in [0.1, 0.15) is 0 Å². The van der Waals surface area contributed by atoms with Crippen molar-refractivity contribution in [3.8, 4) is 0 Å². The highest BCUT2D eigenvalue weighted by molar-refractivity contribution is 5.77. The van der Waals surface area contributed by atoms with E-state index in [0.29, 0.717) is 17.4 Å². The Morgan fingerprint density at radius 3 is 2.00 bits per heavy atom. The van der Waals surface area contributed by atoms with Gasteiger partial charge < -0.3 is 0 Å². The molecule has 0 aliphatic carbocycles. The summed E-state index contributed by atoms with van der Waals surface area (Å²) in [4.78, 5) is 26.2. The van der Waals surface area contributed by atoms with Crippen molar-refractivity contribution in [1.29, 1.82) is 0 Å². The third kappa shape index (κ3) is 3.34. The van der Waals surface area contributed by atoms with Crippen molar-refractivity contribution < 1.29 is 0 Å². The number of aromatic nitrogens is 2. The second kappa shape index (κ2) is 7.08. The highest BCUT2D eigenvalue weighted by Gasteiger charge is 2.13. The zero-order chi connectivity index (χ0) is 18.8. The molecule has 0 radical (unpaired) electrons. The van der Waals surface area contributed by atoms with Gasteiger partial charge in [0.15, 0.2) is 0 Å². The van der Waals surface area contributed by atoms with Crippen molar-refractivity contribution in [1.82, 2.24) is 9.13 Å². The molecule has 0 bridgehead atoms. The lowest BCUT2D eigenvalue weighted by Gasteiger charge is -2.14. The van der Waals surface area contributed by atoms with Crippen LogP contribution in [0.15, 0.2) is 88.5 Å². The van der Waals surface area contributed by atoms with Crippen molar-refractivity contribution in [2.75, 3.05) is 0 Å². The average Bonchev–Trinajstić information content (AvgIpc) is 2.71. The molecule has 0 aliphatic rings. The van der Waals surface area contributed by atoms with Crippen LogP contribution < -0.4 is 11.2 Å². The normalized spacial score (nSPS) is 11.0. The predicted molar refractivity (Wildman–Crippen MR) is 108 cm³/mol. The molecular weight excluding hydrogens is 336 g/mol. The first-order valence-electron chi connectivity index (χ1n) is 8.95. The topological polar surface area (TPSA) is 44.0 Å². The van der Waals surface area contributed by atoms with E-state index in [1.54, 1.807) is 10.6 Å². The smallest absolute Gasteiger partial charge is 0.289 e. The number of aryl methyl sites for hydroxylation is 1. The molecule has 0 amide bonds. The fourth-order valence-corrected chi connectivity index (χ4v) is 3.31. The van der Waals surface area contributed by atoms with Crippen LogP contribution in [0.3, 0.4) is 0 Å². The molecule has 0 atom stereocenters. The second-order valence-corrected chi connectivity index (χ2v) is 6.75. The minimum Gasteiger partial charge on any atom is -0.289 e. The summed E-state index contributed by atoms with van der Waals surface area (Å²) in [5.41, 5.74) is 3.25. The fraction of sp³-hybridized carbons (Fsp3) is 0.130. The molecule has 4 nitrogen and oxygen atoms in total. The summed E-state index contributed by atoms with van der Waals surface area (Å²) in [6.45, 7) is 2.72. The molecule has 0 saturated heterocycles. The van der Waals surface area contributed by atoms with Crippen molar-refractivity contribution in [3.05, 3.63) is 116 Å². The van der Waals surface area contributed by atoms with Crippen LogP contribution in [0.4, 0.5) is 0 Å². The molecule has 0 N–H and O–H groups in total. The van der Waals surface area contributed by atoms with Gasteiger partial charge in [0.25, 0.3) is 5.56 Å². The number of para-hydroxylation sites is 1. The molecule has 27 heavy (non-hydrogen) atoms. The van der Waals surface area contributed by atoms with Crippen LogP contribution >= 0.6 is 0 Å². The van der Waals surface area contributed by atoms with E-state index < -0.39 is 0 Å². The SMILES string of the molecule is Cc1ccc(Cn2c(=O)n(Cc3ccccc3)c(=O)c3ccccc32)cc1. The molecule has 0 unspecified atom stereocenters. The first-order valence-corrected chi connectivity index (χ1v) is 8.95. The number of hydrogen-bond acceptors (Lipinski definition) is 2. The maximum absolute atomic E-state index is 13.2. The molecule has 3 aromatic carbocycles. The van der Waals surface area contributed by atoms with Gasteiger partial charge >= 0.3 is 5.69 Å². The molecule has 1 heterocycles. The van der Waals surface area contributed by atoms with Gasteiger partial charge in [-0.3, -0.25) is 13.9 Å². The van der Waals surface area contributed by atoms with Crippen molar-refractivity contribution in [3.63, 3.8) is 0 Å². The van der Waals surface area contributed by atoms with E-state index in [1.807, 2.05) is 79.7 Å². The number of fused-ring (bicyclic) bond motifs is 1. The lowest BCUT2D eigenvalue weighted by Crippen LogP contribution is -2.40. The summed E-state index contributed by atoms with van der Waals surface area (Å²) >= 11 is 0. The van der Waals surface area contributed by atoms with Crippen LogP contribution in [0.25, 0.3) is 10.9 Å². The largest absolute Gasteiger partial charge is 0.332 e. The number of rotatable bonds is 4. The quantitative estimate of drug-likeness (QED) is 0.561. The molecule has 0 saturated carbocycles. The summed E-state index contributed by atoms with van der Waals surface area (Å²) in [6.07, 6.45) is 0. The monoisotopic (exact) mass is 356 g/mol. The standard InChI is InChI=1S/C23H20N2O2/c1-17-11-13-19(14-12-17)15-24-21-10-6-5-9-20(21)22(26)25(23(24)27)16-18-7-3-2-4-8-18/h2-14H,15-16H2,1H3. The van der Waals surface area contributed by atoms with E-state index in [-0.39, 0.29) is 17.8 Å². The molecule has 134 valence electrons. The van der Waals surface area contributed by atoms with E-state index in [1.165, 1.54) is 10.1 Å². The molecule has 1 aromatic heterocycles. The highest BCUT2D eigenvalue weighted by atomic mass is 16.2. The Kier molecular flexibility index (Phi) is 4.47. The Morgan fingerprint density at radius 1 is 0.667 bits per heavy atom. The Balaban J connectivity index is 1.90. The minimum atomic E-state index is -0.289. The first-order chi connectivity index (χ1) is 13.1. The van der Waals surface area contributed by atoms with Gasteiger partial charge in [-0.1, -0.05) is 72.3 Å². The predicted octanol–water partition coefficient (Wildman–Crippen LogP) is 3.57. The van der Waals surface area contributed by atoms with E-state index in [4.69, 9.17) is 0 Å². The van der Waals surface area contributed by atoms with Crippen molar-refractivity contribution >= 4 is 10.9 Å². The summed E-state index contributed by atoms with van der Waals surface area (Å²) in [6, 6.07) is 25.0. The van der Waals surface area contributed by atoms with Gasteiger partial charge in [-0.25, -0.2) is 4.79 Å². The lowest BCUT2D eigenvalue weighted by atomic mass is 10.1. The van der Waals surface area contributed by atoms with Gasteiger partial charge in [-0.2, -0.15) is 0 Å². The van der Waals surface area contributed by atoms with Crippen LogP contribution in [0, 0.1) is 6.92 Å². The second-order valence-electron chi connectivity index (χ2n) is 6.75. The first kappa shape index (κ1) is 17.0. The lowest BCUT2D eigenvalue weighted by molar-refractivity contribution is 0.635. The summed E-state index contributed by atoms with van der Waals surface area (Å²) < 4.78 is 3.01. The molecule has 4 heteroatoms. The van der Waals surface area contributed by atoms with E-state index in [9.17, 15) is 9.59 Å². The Bertz CT molecular complexity index is 1200. The Morgan fingerprint density at radius 2 is 1.26 bits per heavy atom. The fourth-order valence-electron chi connectivity index (χ4n) is 3.31. The maximum Gasteiger partial charge on any atom is 0.332 e. The zero-order valence-electron chi connectivity index (χ0n) is 15.1. The molecular formula is C23H20N2O2. The summed E-state index contributed by atoms with van der Waals surface area (Å²) in [5.74, 6) is 0. The van der Waals surface area contributed by atoms with Crippen LogP contribution in [-0.4, -0.2) is 9.13 Å². The van der Waals surface area contributed by atoms with Gasteiger partial charge in [0.05, 0.1) is 24.0 Å². The molecule has 4 rings (SSSR count). The van der Waals surface area contributed by atoms with E-state index in [2.05, 4.69) is 0 Å². The van der Waals surface area contributed by atoms with Crippen LogP contribution in [0.5, 0.6) is 0 Å². The summed E-state index contributed by atoms with van der Waals surface area (Å²) in [5, 5.41) is 0.556. The third-order valence-electron chi connectivity index (χ3n) is 4.78. The number of benzene rings is 3. The zero-order valence-corrected chi connectivity index (χ0v) is 15.1. The average molecular weight is 356 g/mol. The van der Waals surface area contributed by atoms with Gasteiger partial charge in [-0.15, -0.1) is 0 Å². The minimum absolute atomic E-state index is 0.250. The van der Waals surface area contributed by atoms with Crippen molar-refractivity contribution in [2.24, 2.45) is 0 Å². The van der Waals surface area contributed by atoms with E-state index in [0.717, 1.165) is 11.1 Å².